The number of hydrogen-bond acceptors (Lipinski definition) is 3. The third-order valence-corrected chi connectivity index (χ3v) is 3.81. The van der Waals surface area contributed by atoms with Gasteiger partial charge in [-0.25, -0.2) is 0 Å². The van der Waals surface area contributed by atoms with Gasteiger partial charge >= 0.3 is 5.97 Å². The number of amides is 1. The molecule has 108 valence electrons. The fourth-order valence-corrected chi connectivity index (χ4v) is 2.60. The van der Waals surface area contributed by atoms with Gasteiger partial charge in [0.15, 0.2) is 0 Å². The van der Waals surface area contributed by atoms with Crippen molar-refractivity contribution in [2.45, 2.75) is 25.3 Å². The lowest BCUT2D eigenvalue weighted by Crippen LogP contribution is -2.43. The summed E-state index contributed by atoms with van der Waals surface area (Å²) in [6, 6.07) is 8.67. The molecular formula is C15H20N2O3. The summed E-state index contributed by atoms with van der Waals surface area (Å²) in [7, 11) is 0. The zero-order valence-electron chi connectivity index (χ0n) is 11.4. The highest BCUT2D eigenvalue weighted by Crippen LogP contribution is 2.22. The van der Waals surface area contributed by atoms with Crippen molar-refractivity contribution in [2.24, 2.45) is 11.7 Å². The lowest BCUT2D eigenvalue weighted by molar-refractivity contribution is -0.138. The maximum absolute atomic E-state index is 12.3. The summed E-state index contributed by atoms with van der Waals surface area (Å²) < 4.78 is 0. The molecular weight excluding hydrogens is 256 g/mol. The topological polar surface area (TPSA) is 83.6 Å². The van der Waals surface area contributed by atoms with Gasteiger partial charge in [-0.1, -0.05) is 30.3 Å². The Morgan fingerprint density at radius 3 is 2.40 bits per heavy atom. The number of piperidine rings is 1. The fourth-order valence-electron chi connectivity index (χ4n) is 2.60. The van der Waals surface area contributed by atoms with Crippen molar-refractivity contribution in [1.29, 1.82) is 0 Å². The van der Waals surface area contributed by atoms with Gasteiger partial charge in [0.2, 0.25) is 5.91 Å². The number of likely N-dealkylation sites (tertiary alicyclic amines) is 1. The van der Waals surface area contributed by atoms with E-state index in [4.69, 9.17) is 10.8 Å². The molecule has 0 saturated carbocycles. The van der Waals surface area contributed by atoms with E-state index in [2.05, 4.69) is 0 Å². The van der Waals surface area contributed by atoms with Crippen LogP contribution in [0.5, 0.6) is 0 Å². The van der Waals surface area contributed by atoms with Crippen molar-refractivity contribution in [3.05, 3.63) is 35.9 Å². The molecule has 0 aliphatic carbocycles. The van der Waals surface area contributed by atoms with Crippen LogP contribution in [0.3, 0.4) is 0 Å². The molecule has 5 nitrogen and oxygen atoms in total. The summed E-state index contributed by atoms with van der Waals surface area (Å²) in [5, 5.41) is 8.78. The minimum Gasteiger partial charge on any atom is -0.481 e. The van der Waals surface area contributed by atoms with Crippen LogP contribution in [-0.2, 0) is 9.59 Å². The Labute approximate surface area is 118 Å². The van der Waals surface area contributed by atoms with E-state index in [0.29, 0.717) is 13.1 Å². The number of nitrogens with two attached hydrogens (primary N) is 1. The Kier molecular flexibility index (Phi) is 4.74. The van der Waals surface area contributed by atoms with Gasteiger partial charge in [0.1, 0.15) is 6.04 Å². The molecule has 1 aromatic rings. The van der Waals surface area contributed by atoms with Gasteiger partial charge in [-0.05, 0) is 24.3 Å². The molecule has 0 spiro atoms. The number of nitrogens with zero attached hydrogens (tertiary/aromatic N) is 1. The summed E-state index contributed by atoms with van der Waals surface area (Å²) in [5.74, 6) is -0.676. The van der Waals surface area contributed by atoms with Crippen molar-refractivity contribution >= 4 is 11.9 Å². The minimum absolute atomic E-state index is 0.0787. The zero-order chi connectivity index (χ0) is 14.5. The summed E-state index contributed by atoms with van der Waals surface area (Å²) in [6.45, 7) is 1.19. The summed E-state index contributed by atoms with van der Waals surface area (Å²) in [4.78, 5) is 24.7. The van der Waals surface area contributed by atoms with E-state index in [9.17, 15) is 9.59 Å². The minimum atomic E-state index is -0.768. The molecule has 3 N–H and O–H groups in total. The third-order valence-electron chi connectivity index (χ3n) is 3.81. The van der Waals surface area contributed by atoms with Gasteiger partial charge < -0.3 is 15.7 Å². The first kappa shape index (κ1) is 14.5. The van der Waals surface area contributed by atoms with Gasteiger partial charge in [-0.3, -0.25) is 9.59 Å². The van der Waals surface area contributed by atoms with Gasteiger partial charge in [-0.15, -0.1) is 0 Å². The number of rotatable bonds is 4. The van der Waals surface area contributed by atoms with Gasteiger partial charge in [-0.2, -0.15) is 0 Å². The van der Waals surface area contributed by atoms with Crippen LogP contribution in [0.25, 0.3) is 0 Å². The quantitative estimate of drug-likeness (QED) is 0.870. The van der Waals surface area contributed by atoms with E-state index in [-0.39, 0.29) is 18.2 Å². The Balaban J connectivity index is 1.90. The first-order valence-electron chi connectivity index (χ1n) is 6.89. The second kappa shape index (κ2) is 6.52. The van der Waals surface area contributed by atoms with E-state index < -0.39 is 12.0 Å². The van der Waals surface area contributed by atoms with Crippen molar-refractivity contribution in [3.8, 4) is 0 Å². The van der Waals surface area contributed by atoms with E-state index in [1.807, 2.05) is 30.3 Å². The molecule has 0 bridgehead atoms. The normalized spacial score (nSPS) is 17.8. The molecule has 1 heterocycles. The second-order valence-corrected chi connectivity index (χ2v) is 5.25. The Morgan fingerprint density at radius 2 is 1.85 bits per heavy atom. The van der Waals surface area contributed by atoms with Crippen LogP contribution in [0.2, 0.25) is 0 Å². The first-order chi connectivity index (χ1) is 9.58. The highest BCUT2D eigenvalue weighted by Gasteiger charge is 2.27. The van der Waals surface area contributed by atoms with Crippen LogP contribution in [0.15, 0.2) is 30.3 Å². The zero-order valence-corrected chi connectivity index (χ0v) is 11.4. The SMILES string of the molecule is NC(C(=O)N1CCC(CC(=O)O)CC1)c1ccccc1. The van der Waals surface area contributed by atoms with E-state index in [1.165, 1.54) is 0 Å². The summed E-state index contributed by atoms with van der Waals surface area (Å²) in [6.07, 6.45) is 1.66. The molecule has 5 heteroatoms. The monoisotopic (exact) mass is 276 g/mol. The Bertz CT molecular complexity index is 467. The van der Waals surface area contributed by atoms with Crippen LogP contribution in [0.4, 0.5) is 0 Å². The van der Waals surface area contributed by atoms with Crippen LogP contribution >= 0.6 is 0 Å². The molecule has 20 heavy (non-hydrogen) atoms. The van der Waals surface area contributed by atoms with Crippen LogP contribution in [0, 0.1) is 5.92 Å². The predicted molar refractivity (Wildman–Crippen MR) is 74.9 cm³/mol. The van der Waals surface area contributed by atoms with Crippen molar-refractivity contribution in [1.82, 2.24) is 4.90 Å². The van der Waals surface area contributed by atoms with Crippen molar-refractivity contribution in [3.63, 3.8) is 0 Å². The Morgan fingerprint density at radius 1 is 1.25 bits per heavy atom. The number of hydrogen-bond donors (Lipinski definition) is 2. The molecule has 1 saturated heterocycles. The van der Waals surface area contributed by atoms with Crippen LogP contribution in [0.1, 0.15) is 30.9 Å². The van der Waals surface area contributed by atoms with E-state index >= 15 is 0 Å². The lowest BCUT2D eigenvalue weighted by Gasteiger charge is -2.33. The van der Waals surface area contributed by atoms with Crippen molar-refractivity contribution < 1.29 is 14.7 Å². The average molecular weight is 276 g/mol. The van der Waals surface area contributed by atoms with Crippen molar-refractivity contribution in [2.75, 3.05) is 13.1 Å². The third kappa shape index (κ3) is 3.57. The highest BCUT2D eigenvalue weighted by molar-refractivity contribution is 5.83. The van der Waals surface area contributed by atoms with Gasteiger partial charge in [0.25, 0.3) is 0 Å². The molecule has 1 amide bonds. The standard InChI is InChI=1S/C15H20N2O3/c16-14(12-4-2-1-3-5-12)15(20)17-8-6-11(7-9-17)10-13(18)19/h1-5,11,14H,6-10,16H2,(H,18,19). The van der Waals surface area contributed by atoms with E-state index in [0.717, 1.165) is 18.4 Å². The van der Waals surface area contributed by atoms with Gasteiger partial charge in [0, 0.05) is 19.5 Å². The predicted octanol–water partition coefficient (Wildman–Crippen LogP) is 1.40. The number of carbonyl (C=O) groups is 2. The molecule has 0 radical (unpaired) electrons. The largest absolute Gasteiger partial charge is 0.481 e. The molecule has 1 atom stereocenters. The lowest BCUT2D eigenvalue weighted by atomic mass is 9.93. The molecule has 1 unspecified atom stereocenters. The maximum atomic E-state index is 12.3. The fraction of sp³-hybridized carbons (Fsp3) is 0.467. The molecule has 1 aliphatic rings. The molecule has 1 fully saturated rings. The highest BCUT2D eigenvalue weighted by atomic mass is 16.4. The smallest absolute Gasteiger partial charge is 0.303 e. The van der Waals surface area contributed by atoms with E-state index in [1.54, 1.807) is 4.90 Å². The van der Waals surface area contributed by atoms with Crippen LogP contribution < -0.4 is 5.73 Å². The summed E-state index contributed by atoms with van der Waals surface area (Å²) in [5.41, 5.74) is 6.81. The number of carboxylic acid groups (broad SMARTS) is 1. The second-order valence-electron chi connectivity index (χ2n) is 5.25. The number of benzene rings is 1. The van der Waals surface area contributed by atoms with Gasteiger partial charge in [0.05, 0.1) is 0 Å². The number of carbonyl (C=O) groups excluding carboxylic acids is 1. The molecule has 2 rings (SSSR count). The Hall–Kier alpha value is -1.88. The number of carboxylic acids is 1. The average Bonchev–Trinajstić information content (AvgIpc) is 2.47. The maximum Gasteiger partial charge on any atom is 0.303 e. The molecule has 0 aromatic heterocycles. The first-order valence-corrected chi connectivity index (χ1v) is 6.89. The molecule has 1 aliphatic heterocycles. The van der Waals surface area contributed by atoms with Crippen LogP contribution in [-0.4, -0.2) is 35.0 Å². The molecule has 1 aromatic carbocycles. The number of aliphatic carboxylic acids is 1. The summed E-state index contributed by atoms with van der Waals surface area (Å²) >= 11 is 0.